The molecule has 8 nitrogen and oxygen atoms in total. The molecule has 0 fully saturated rings. The Labute approximate surface area is 278 Å². The van der Waals surface area contributed by atoms with Crippen LogP contribution in [0.5, 0.6) is 5.75 Å². The van der Waals surface area contributed by atoms with E-state index in [9.17, 15) is 14.7 Å². The number of carbonyl (C=O) groups excluding carboxylic acids is 1. The Morgan fingerprint density at radius 1 is 1.02 bits per heavy atom. The summed E-state index contributed by atoms with van der Waals surface area (Å²) in [6.07, 6.45) is 1.27. The zero-order chi connectivity index (χ0) is 33.0. The Kier molecular flexibility index (Phi) is 8.38. The van der Waals surface area contributed by atoms with Gasteiger partial charge in [-0.3, -0.25) is 9.48 Å². The lowest BCUT2D eigenvalue weighted by atomic mass is 9.98. The van der Waals surface area contributed by atoms with Crippen LogP contribution in [0.3, 0.4) is 0 Å². The van der Waals surface area contributed by atoms with Crippen molar-refractivity contribution in [1.29, 1.82) is 0 Å². The first kappa shape index (κ1) is 31.7. The number of carboxylic acids is 1. The lowest BCUT2D eigenvalue weighted by molar-refractivity contribution is 0.0696. The van der Waals surface area contributed by atoms with Gasteiger partial charge in [0.15, 0.2) is 0 Å². The molecule has 0 unspecified atom stereocenters. The number of fused-ring (bicyclic) bond motifs is 3. The molecule has 1 amide bonds. The molecule has 238 valence electrons. The number of carbonyl (C=O) groups is 2. The van der Waals surface area contributed by atoms with Gasteiger partial charge in [0.2, 0.25) is 0 Å². The number of carboxylic acid groups (broad SMARTS) is 1. The molecule has 1 aliphatic heterocycles. The predicted octanol–water partition coefficient (Wildman–Crippen LogP) is 8.34. The molecule has 0 saturated heterocycles. The normalized spacial score (nSPS) is 14.7. The number of hydrogen-bond acceptors (Lipinski definition) is 4. The number of rotatable bonds is 8. The molecule has 0 spiro atoms. The van der Waals surface area contributed by atoms with Crippen LogP contribution in [0.1, 0.15) is 62.3 Å². The molecule has 3 aromatic carbocycles. The van der Waals surface area contributed by atoms with E-state index in [1.165, 1.54) is 12.1 Å². The number of hydrogen-bond donors (Lipinski definition) is 1. The highest BCUT2D eigenvalue weighted by molar-refractivity contribution is 6.35. The monoisotopic (exact) mass is 658 g/mol. The highest BCUT2D eigenvalue weighted by Crippen LogP contribution is 2.44. The lowest BCUT2D eigenvalue weighted by Crippen LogP contribution is -2.47. The molecule has 1 atom stereocenters. The summed E-state index contributed by atoms with van der Waals surface area (Å²) in [5.41, 5.74) is 8.90. The van der Waals surface area contributed by atoms with Crippen LogP contribution in [0.25, 0.3) is 22.0 Å². The van der Waals surface area contributed by atoms with Gasteiger partial charge in [0.25, 0.3) is 5.91 Å². The average molecular weight is 660 g/mol. The third-order valence-corrected chi connectivity index (χ3v) is 9.90. The number of amides is 1. The van der Waals surface area contributed by atoms with Crippen LogP contribution in [-0.2, 0) is 20.0 Å². The zero-order valence-corrected chi connectivity index (χ0v) is 28.3. The van der Waals surface area contributed by atoms with Crippen LogP contribution in [0.4, 0.5) is 5.69 Å². The summed E-state index contributed by atoms with van der Waals surface area (Å²) in [7, 11) is 1.92. The predicted molar refractivity (Wildman–Crippen MR) is 183 cm³/mol. The minimum atomic E-state index is -1.01. The molecule has 3 heterocycles. The Bertz CT molecular complexity index is 2000. The first-order chi connectivity index (χ1) is 21.9. The Hall–Kier alpha value is -4.27. The fourth-order valence-electron chi connectivity index (χ4n) is 6.77. The average Bonchev–Trinajstić information content (AvgIpc) is 3.45. The second-order valence-corrected chi connectivity index (χ2v) is 12.9. The van der Waals surface area contributed by atoms with E-state index in [1.54, 1.807) is 17.0 Å². The van der Waals surface area contributed by atoms with E-state index in [0.29, 0.717) is 42.4 Å². The standard InChI is InChI=1S/C36H36Cl2N4O4/c1-19-16-26(17-20(2)32(19)38)46-15-7-8-27-28-13-14-29(37)31(30-22(4)39-40(6)23(30)5)33(28)41-18-21(3)42(35(43)34(27)41)25-11-9-24(10-12-25)36(44)45/h9-14,16-17,21H,7-8,15,18H2,1-6H3,(H,44,45)/t21-/m1/s1. The van der Waals surface area contributed by atoms with E-state index < -0.39 is 5.97 Å². The number of aryl methyl sites for hydroxylation is 5. The van der Waals surface area contributed by atoms with Crippen molar-refractivity contribution in [2.24, 2.45) is 7.05 Å². The van der Waals surface area contributed by atoms with Gasteiger partial charge in [-0.15, -0.1) is 0 Å². The smallest absolute Gasteiger partial charge is 0.335 e. The van der Waals surface area contributed by atoms with Gasteiger partial charge in [0.1, 0.15) is 11.4 Å². The van der Waals surface area contributed by atoms with Crippen LogP contribution in [0.2, 0.25) is 10.0 Å². The van der Waals surface area contributed by atoms with Crippen molar-refractivity contribution in [3.05, 3.63) is 97.9 Å². The summed E-state index contributed by atoms with van der Waals surface area (Å²) in [5, 5.41) is 16.4. The molecule has 6 rings (SSSR count). The van der Waals surface area contributed by atoms with Gasteiger partial charge in [-0.25, -0.2) is 4.79 Å². The number of aromatic nitrogens is 3. The van der Waals surface area contributed by atoms with Crippen LogP contribution < -0.4 is 9.64 Å². The Balaban J connectivity index is 1.46. The molecule has 2 aromatic heterocycles. The molecular formula is C36H36Cl2N4O4. The molecule has 5 aromatic rings. The summed E-state index contributed by atoms with van der Waals surface area (Å²) in [6, 6.07) is 14.1. The molecule has 0 saturated carbocycles. The number of aromatic carboxylic acids is 1. The summed E-state index contributed by atoms with van der Waals surface area (Å²) in [4.78, 5) is 27.8. The summed E-state index contributed by atoms with van der Waals surface area (Å²) < 4.78 is 10.1. The van der Waals surface area contributed by atoms with Crippen molar-refractivity contribution < 1.29 is 19.4 Å². The fourth-order valence-corrected chi connectivity index (χ4v) is 7.13. The van der Waals surface area contributed by atoms with E-state index >= 15 is 0 Å². The topological polar surface area (TPSA) is 89.6 Å². The van der Waals surface area contributed by atoms with E-state index in [-0.39, 0.29) is 17.5 Å². The fraction of sp³-hybridized carbons (Fsp3) is 0.306. The van der Waals surface area contributed by atoms with Crippen LogP contribution in [-0.4, -0.2) is 44.0 Å². The van der Waals surface area contributed by atoms with Gasteiger partial charge in [-0.2, -0.15) is 5.10 Å². The largest absolute Gasteiger partial charge is 0.494 e. The Morgan fingerprint density at radius 3 is 2.30 bits per heavy atom. The molecule has 46 heavy (non-hydrogen) atoms. The second-order valence-electron chi connectivity index (χ2n) is 12.1. The van der Waals surface area contributed by atoms with Crippen molar-refractivity contribution in [1.82, 2.24) is 14.3 Å². The number of halogens is 2. The van der Waals surface area contributed by atoms with Gasteiger partial charge in [-0.1, -0.05) is 29.3 Å². The summed E-state index contributed by atoms with van der Waals surface area (Å²) >= 11 is 13.3. The molecule has 10 heteroatoms. The van der Waals surface area contributed by atoms with Crippen LogP contribution in [0.15, 0.2) is 48.5 Å². The SMILES string of the molecule is Cc1cc(OCCCc2c3n(c4c(-c5c(C)nn(C)c5C)c(Cl)ccc24)C[C@@H](C)N(c2ccc(C(=O)O)cc2)C3=O)cc(C)c1Cl. The van der Waals surface area contributed by atoms with Gasteiger partial charge < -0.3 is 19.3 Å². The van der Waals surface area contributed by atoms with Crippen molar-refractivity contribution in [3.63, 3.8) is 0 Å². The van der Waals surface area contributed by atoms with E-state index in [1.807, 2.05) is 70.6 Å². The van der Waals surface area contributed by atoms with E-state index in [0.717, 1.165) is 60.9 Å². The number of anilines is 1. The minimum absolute atomic E-state index is 0.139. The van der Waals surface area contributed by atoms with Gasteiger partial charge >= 0.3 is 5.97 Å². The third-order valence-electron chi connectivity index (χ3n) is 8.99. The maximum atomic E-state index is 14.6. The minimum Gasteiger partial charge on any atom is -0.494 e. The quantitative estimate of drug-likeness (QED) is 0.169. The molecule has 0 aliphatic carbocycles. The first-order valence-corrected chi connectivity index (χ1v) is 16.0. The number of benzene rings is 3. The lowest BCUT2D eigenvalue weighted by Gasteiger charge is -2.35. The number of ether oxygens (including phenoxy) is 1. The Morgan fingerprint density at radius 2 is 1.70 bits per heavy atom. The molecule has 1 aliphatic rings. The molecule has 0 radical (unpaired) electrons. The van der Waals surface area contributed by atoms with Gasteiger partial charge in [0.05, 0.1) is 34.4 Å². The van der Waals surface area contributed by atoms with Crippen molar-refractivity contribution >= 4 is 51.7 Å². The van der Waals surface area contributed by atoms with Crippen molar-refractivity contribution in [2.75, 3.05) is 11.5 Å². The summed E-state index contributed by atoms with van der Waals surface area (Å²) in [6.45, 7) is 10.9. The zero-order valence-electron chi connectivity index (χ0n) is 26.7. The van der Waals surface area contributed by atoms with Gasteiger partial charge in [0, 0.05) is 46.5 Å². The first-order valence-electron chi connectivity index (χ1n) is 15.3. The van der Waals surface area contributed by atoms with Crippen molar-refractivity contribution in [2.45, 2.75) is 60.0 Å². The molecule has 0 bridgehead atoms. The van der Waals surface area contributed by atoms with E-state index in [4.69, 9.17) is 27.9 Å². The summed E-state index contributed by atoms with van der Waals surface area (Å²) in [5.74, 6) is -0.385. The maximum absolute atomic E-state index is 14.6. The van der Waals surface area contributed by atoms with Gasteiger partial charge in [-0.05, 0) is 107 Å². The maximum Gasteiger partial charge on any atom is 0.335 e. The van der Waals surface area contributed by atoms with Crippen molar-refractivity contribution in [3.8, 4) is 16.9 Å². The molecular weight excluding hydrogens is 623 g/mol. The van der Waals surface area contributed by atoms with Crippen LogP contribution in [0, 0.1) is 27.7 Å². The highest BCUT2D eigenvalue weighted by Gasteiger charge is 2.37. The highest BCUT2D eigenvalue weighted by atomic mass is 35.5. The van der Waals surface area contributed by atoms with E-state index in [2.05, 4.69) is 9.67 Å². The second kappa shape index (κ2) is 12.2. The number of nitrogens with zero attached hydrogens (tertiary/aromatic N) is 4. The van der Waals surface area contributed by atoms with Crippen LogP contribution >= 0.6 is 23.2 Å². The molecule has 1 N–H and O–H groups in total. The third kappa shape index (κ3) is 5.33.